The Morgan fingerprint density at radius 3 is 2.60 bits per heavy atom. The number of fused-ring (bicyclic) bond motifs is 1. The molecule has 1 spiro atoms. The van der Waals surface area contributed by atoms with E-state index in [0.29, 0.717) is 52.1 Å². The number of aliphatic hydroxyl groups excluding tert-OH is 1. The first-order valence-corrected chi connectivity index (χ1v) is 15.6. The molecule has 0 aliphatic carbocycles. The maximum Gasteiger partial charge on any atom is 0.311 e. The molecule has 2 unspecified atom stereocenters. The van der Waals surface area contributed by atoms with E-state index in [1.165, 1.54) is 0 Å². The van der Waals surface area contributed by atoms with Crippen molar-refractivity contribution in [3.63, 3.8) is 0 Å². The highest BCUT2D eigenvalue weighted by atomic mass is 32.2. The van der Waals surface area contributed by atoms with Crippen molar-refractivity contribution in [2.75, 3.05) is 59.2 Å². The molecule has 0 aromatic rings. The summed E-state index contributed by atoms with van der Waals surface area (Å²) in [7, 11) is 0. The van der Waals surface area contributed by atoms with Crippen LogP contribution >= 0.6 is 11.8 Å². The number of likely N-dealkylation sites (tertiary alicyclic amines) is 1. The molecule has 4 heterocycles. The van der Waals surface area contributed by atoms with Gasteiger partial charge in [0.05, 0.1) is 49.1 Å². The lowest BCUT2D eigenvalue weighted by Gasteiger charge is -2.40. The zero-order valence-corrected chi connectivity index (χ0v) is 25.2. The number of morpholine rings is 1. The Morgan fingerprint density at radius 2 is 1.98 bits per heavy atom. The predicted molar refractivity (Wildman–Crippen MR) is 156 cm³/mol. The Hall–Kier alpha value is -1.88. The van der Waals surface area contributed by atoms with Crippen molar-refractivity contribution >= 4 is 29.5 Å². The van der Waals surface area contributed by atoms with Crippen molar-refractivity contribution in [1.29, 1.82) is 0 Å². The molecule has 10 heteroatoms. The minimum absolute atomic E-state index is 0.122. The second-order valence-corrected chi connectivity index (χ2v) is 14.1. The van der Waals surface area contributed by atoms with Gasteiger partial charge in [-0.3, -0.25) is 19.3 Å². The molecule has 0 saturated carbocycles. The number of hydrogen-bond donors (Lipinski definition) is 1. The van der Waals surface area contributed by atoms with Gasteiger partial charge in [0.25, 0.3) is 0 Å². The summed E-state index contributed by atoms with van der Waals surface area (Å²) >= 11 is 1.63. The third kappa shape index (κ3) is 5.74. The van der Waals surface area contributed by atoms with Crippen molar-refractivity contribution in [2.45, 2.75) is 68.0 Å². The van der Waals surface area contributed by atoms with E-state index in [1.54, 1.807) is 33.7 Å². The number of nitrogens with zero attached hydrogens (tertiary/aromatic N) is 3. The maximum atomic E-state index is 14.6. The van der Waals surface area contributed by atoms with Crippen molar-refractivity contribution < 1.29 is 29.0 Å². The van der Waals surface area contributed by atoms with Crippen LogP contribution in [0.4, 0.5) is 0 Å². The number of ether oxygens (including phenoxy) is 2. The summed E-state index contributed by atoms with van der Waals surface area (Å²) < 4.78 is 9.89. The van der Waals surface area contributed by atoms with Gasteiger partial charge in [-0.05, 0) is 38.5 Å². The van der Waals surface area contributed by atoms with E-state index in [9.17, 15) is 19.5 Å². The normalized spacial score (nSPS) is 32.3. The van der Waals surface area contributed by atoms with Gasteiger partial charge in [-0.25, -0.2) is 0 Å². The van der Waals surface area contributed by atoms with Gasteiger partial charge in [-0.15, -0.1) is 24.9 Å². The Labute approximate surface area is 243 Å². The first-order chi connectivity index (χ1) is 19.1. The fourth-order valence-electron chi connectivity index (χ4n) is 7.25. The Bertz CT molecular complexity index is 971. The first-order valence-electron chi connectivity index (χ1n) is 14.7. The van der Waals surface area contributed by atoms with Gasteiger partial charge >= 0.3 is 5.97 Å². The van der Waals surface area contributed by atoms with Crippen LogP contribution in [0.15, 0.2) is 25.3 Å². The van der Waals surface area contributed by atoms with Gasteiger partial charge in [0.1, 0.15) is 6.04 Å². The Kier molecular flexibility index (Phi) is 10.1. The van der Waals surface area contributed by atoms with Crippen LogP contribution in [0.1, 0.15) is 46.5 Å². The highest BCUT2D eigenvalue weighted by molar-refractivity contribution is 8.02. The lowest BCUT2D eigenvalue weighted by atomic mass is 9.66. The minimum Gasteiger partial charge on any atom is -0.465 e. The number of carbonyl (C=O) groups is 3. The van der Waals surface area contributed by atoms with Crippen LogP contribution in [-0.4, -0.2) is 118 Å². The quantitative estimate of drug-likeness (QED) is 0.191. The first kappa shape index (κ1) is 31.1. The van der Waals surface area contributed by atoms with E-state index < -0.39 is 33.4 Å². The standard InChI is InChI=1S/C30H47N3O6S/c1-6-8-16-39-28(37)24-23-26(35)33(22(20-34)19-21(3)4)25(30(23)10-9-29(24,5)40-30)27(36)32(11-7-2)13-12-31-14-17-38-18-15-31/h6-7,21-25,34H,1-2,8-20H2,3-5H3/t22-,23+,24-,25?,29+,30?/m1/s1. The second-order valence-electron chi connectivity index (χ2n) is 12.2. The van der Waals surface area contributed by atoms with E-state index in [0.717, 1.165) is 19.5 Å². The van der Waals surface area contributed by atoms with Crippen LogP contribution in [0.2, 0.25) is 0 Å². The number of aliphatic hydroxyl groups is 1. The SMILES string of the molecule is C=CCCOC(=O)[C@H]1[C@H]2C(=O)N([C@@H](CO)CC(C)C)C(C(=O)N(CC=C)CCN3CCOCC3)C23CC[C@]1(C)S3. The number of thioether (sulfide) groups is 1. The zero-order valence-electron chi connectivity index (χ0n) is 24.4. The number of hydrogen-bond acceptors (Lipinski definition) is 8. The van der Waals surface area contributed by atoms with E-state index in [1.807, 2.05) is 20.8 Å². The molecule has 6 atom stereocenters. The molecule has 4 saturated heterocycles. The Morgan fingerprint density at radius 1 is 1.25 bits per heavy atom. The third-order valence-electron chi connectivity index (χ3n) is 9.07. The highest BCUT2D eigenvalue weighted by Gasteiger charge is 2.78. The number of esters is 1. The van der Waals surface area contributed by atoms with E-state index >= 15 is 0 Å². The van der Waals surface area contributed by atoms with Crippen LogP contribution in [0.25, 0.3) is 0 Å². The number of rotatable bonds is 14. The summed E-state index contributed by atoms with van der Waals surface area (Å²) in [5, 5.41) is 10.5. The van der Waals surface area contributed by atoms with Gasteiger partial charge < -0.3 is 24.4 Å². The third-order valence-corrected chi connectivity index (χ3v) is 11.1. The maximum absolute atomic E-state index is 14.6. The van der Waals surface area contributed by atoms with Crippen LogP contribution in [0.3, 0.4) is 0 Å². The van der Waals surface area contributed by atoms with Gasteiger partial charge in [0.2, 0.25) is 11.8 Å². The van der Waals surface area contributed by atoms with E-state index in [4.69, 9.17) is 9.47 Å². The summed E-state index contributed by atoms with van der Waals surface area (Å²) in [5.74, 6) is -1.78. The van der Waals surface area contributed by atoms with Gasteiger partial charge in [0.15, 0.2) is 0 Å². The summed E-state index contributed by atoms with van der Waals surface area (Å²) in [5.41, 5.74) is 0. The molecule has 4 aliphatic heterocycles. The molecule has 2 bridgehead atoms. The summed E-state index contributed by atoms with van der Waals surface area (Å²) in [6.07, 6.45) is 5.93. The highest BCUT2D eigenvalue weighted by Crippen LogP contribution is 2.71. The number of carbonyl (C=O) groups excluding carboxylic acids is 3. The minimum atomic E-state index is -0.761. The molecular formula is C30H47N3O6S. The van der Waals surface area contributed by atoms with Crippen molar-refractivity contribution in [1.82, 2.24) is 14.7 Å². The lowest BCUT2D eigenvalue weighted by molar-refractivity contribution is -0.156. The van der Waals surface area contributed by atoms with Gasteiger partial charge in [-0.2, -0.15) is 0 Å². The van der Waals surface area contributed by atoms with Gasteiger partial charge in [-0.1, -0.05) is 26.0 Å². The summed E-state index contributed by atoms with van der Waals surface area (Å²) in [6, 6.07) is -1.26. The average molecular weight is 578 g/mol. The van der Waals surface area contributed by atoms with E-state index in [2.05, 4.69) is 18.1 Å². The summed E-state index contributed by atoms with van der Waals surface area (Å²) in [6.45, 7) is 18.3. The molecule has 4 fully saturated rings. The molecule has 0 radical (unpaired) electrons. The van der Waals surface area contributed by atoms with E-state index in [-0.39, 0.29) is 36.9 Å². The molecular weight excluding hydrogens is 530 g/mol. The van der Waals surface area contributed by atoms with Gasteiger partial charge in [0, 0.05) is 37.5 Å². The van der Waals surface area contributed by atoms with Crippen LogP contribution in [0.5, 0.6) is 0 Å². The fourth-order valence-corrected chi connectivity index (χ4v) is 9.58. The van der Waals surface area contributed by atoms with Crippen LogP contribution < -0.4 is 0 Å². The molecule has 1 N–H and O–H groups in total. The van der Waals surface area contributed by atoms with Crippen LogP contribution in [0, 0.1) is 17.8 Å². The topological polar surface area (TPSA) is 99.6 Å². The van der Waals surface area contributed by atoms with Crippen molar-refractivity contribution in [2.24, 2.45) is 17.8 Å². The fraction of sp³-hybridized carbons (Fsp3) is 0.767. The van der Waals surface area contributed by atoms with Crippen molar-refractivity contribution in [3.05, 3.63) is 25.3 Å². The van der Waals surface area contributed by atoms with Crippen molar-refractivity contribution in [3.8, 4) is 0 Å². The average Bonchev–Trinajstić information content (AvgIpc) is 3.50. The molecule has 2 amide bonds. The zero-order chi connectivity index (χ0) is 29.1. The molecule has 0 aromatic carbocycles. The molecule has 9 nitrogen and oxygen atoms in total. The second kappa shape index (κ2) is 13.0. The largest absolute Gasteiger partial charge is 0.465 e. The summed E-state index contributed by atoms with van der Waals surface area (Å²) in [4.78, 5) is 48.3. The smallest absolute Gasteiger partial charge is 0.311 e. The molecule has 40 heavy (non-hydrogen) atoms. The Balaban J connectivity index is 1.69. The monoisotopic (exact) mass is 577 g/mol. The molecule has 4 aliphatic rings. The molecule has 224 valence electrons. The predicted octanol–water partition coefficient (Wildman–Crippen LogP) is 2.34. The molecule has 0 aromatic heterocycles. The molecule has 4 rings (SSSR count). The van der Waals surface area contributed by atoms with Crippen LogP contribution in [-0.2, 0) is 23.9 Å². The number of amides is 2. The lowest BCUT2D eigenvalue weighted by Crippen LogP contribution is -2.58.